The smallest absolute Gasteiger partial charge is 0.411 e. The highest BCUT2D eigenvalue weighted by atomic mass is 16.6. The maximum absolute atomic E-state index is 12.5. The van der Waals surface area contributed by atoms with Gasteiger partial charge in [-0.3, -0.25) is 4.90 Å². The van der Waals surface area contributed by atoms with E-state index in [9.17, 15) is 4.79 Å². The summed E-state index contributed by atoms with van der Waals surface area (Å²) in [5, 5.41) is 0. The van der Waals surface area contributed by atoms with E-state index in [-0.39, 0.29) is 24.3 Å². The predicted molar refractivity (Wildman–Crippen MR) is 86.1 cm³/mol. The summed E-state index contributed by atoms with van der Waals surface area (Å²) in [6.07, 6.45) is 0.536. The molecular weight excluding hydrogens is 294 g/mol. The van der Waals surface area contributed by atoms with Gasteiger partial charge in [0.15, 0.2) is 0 Å². The van der Waals surface area contributed by atoms with Crippen molar-refractivity contribution in [3.05, 3.63) is 35.9 Å². The molecule has 2 bridgehead atoms. The number of hydrogen-bond acceptors (Lipinski definition) is 4. The van der Waals surface area contributed by atoms with Crippen LogP contribution >= 0.6 is 0 Å². The maximum Gasteiger partial charge on any atom is 0.411 e. The fourth-order valence-electron chi connectivity index (χ4n) is 3.21. The maximum atomic E-state index is 12.5. The molecule has 3 atom stereocenters. The molecule has 2 aliphatic heterocycles. The third kappa shape index (κ3) is 3.85. The summed E-state index contributed by atoms with van der Waals surface area (Å²) < 4.78 is 17.2. The molecule has 1 aromatic carbocycles. The lowest BCUT2D eigenvalue weighted by Gasteiger charge is -2.36. The van der Waals surface area contributed by atoms with Gasteiger partial charge in [-0.2, -0.15) is 0 Å². The lowest BCUT2D eigenvalue weighted by atomic mass is 10.1. The summed E-state index contributed by atoms with van der Waals surface area (Å²) >= 11 is 0. The molecule has 0 aliphatic carbocycles. The second kappa shape index (κ2) is 6.49. The number of amides is 1. The summed E-state index contributed by atoms with van der Waals surface area (Å²) in [4.78, 5) is 14.3. The second-order valence-corrected chi connectivity index (χ2v) is 7.22. The number of fused-ring (bicyclic) bond motifs is 2. The Labute approximate surface area is 137 Å². The van der Waals surface area contributed by atoms with E-state index in [1.165, 1.54) is 0 Å². The number of morpholine rings is 1. The van der Waals surface area contributed by atoms with E-state index < -0.39 is 5.60 Å². The van der Waals surface area contributed by atoms with Crippen LogP contribution in [0.25, 0.3) is 0 Å². The number of nitrogens with zero attached hydrogens (tertiary/aromatic N) is 1. The highest BCUT2D eigenvalue weighted by molar-refractivity contribution is 5.70. The fourth-order valence-corrected chi connectivity index (χ4v) is 3.21. The first-order chi connectivity index (χ1) is 10.9. The van der Waals surface area contributed by atoms with E-state index in [2.05, 4.69) is 0 Å². The van der Waals surface area contributed by atoms with Gasteiger partial charge in [0.25, 0.3) is 0 Å². The lowest BCUT2D eigenvalue weighted by molar-refractivity contribution is -0.0586. The standard InChI is InChI=1S/C18H25NO4/c1-18(2,3)23-17(20)19-14-9-16(15(19)12-21-11-14)22-10-13-7-5-4-6-8-13/h4-8,14-16H,9-12H2,1-3H3/t14-,15-,16-/m1/s1. The molecule has 0 N–H and O–H groups in total. The van der Waals surface area contributed by atoms with Crippen LogP contribution in [0.15, 0.2) is 30.3 Å². The quantitative estimate of drug-likeness (QED) is 0.859. The number of carbonyl (C=O) groups is 1. The van der Waals surface area contributed by atoms with Crippen molar-refractivity contribution in [3.63, 3.8) is 0 Å². The van der Waals surface area contributed by atoms with Gasteiger partial charge in [0.2, 0.25) is 0 Å². The number of carbonyl (C=O) groups excluding carboxylic acids is 1. The first-order valence-corrected chi connectivity index (χ1v) is 8.18. The van der Waals surface area contributed by atoms with Crippen LogP contribution in [0.4, 0.5) is 4.79 Å². The van der Waals surface area contributed by atoms with Crippen LogP contribution < -0.4 is 0 Å². The SMILES string of the molecule is CC(C)(C)OC(=O)N1[C@H]2COC[C@@H]1[C@H](OCc1ccccc1)C2. The van der Waals surface area contributed by atoms with Gasteiger partial charge in [-0.15, -0.1) is 0 Å². The van der Waals surface area contributed by atoms with Gasteiger partial charge in [0, 0.05) is 0 Å². The molecule has 5 nitrogen and oxygen atoms in total. The molecule has 3 rings (SSSR count). The average molecular weight is 319 g/mol. The van der Waals surface area contributed by atoms with E-state index in [1.54, 1.807) is 0 Å². The molecule has 5 heteroatoms. The molecule has 0 saturated carbocycles. The van der Waals surface area contributed by atoms with Gasteiger partial charge < -0.3 is 14.2 Å². The predicted octanol–water partition coefficient (Wildman–Crippen LogP) is 2.98. The third-order valence-electron chi connectivity index (χ3n) is 4.19. The summed E-state index contributed by atoms with van der Waals surface area (Å²) in [5.74, 6) is 0. The minimum atomic E-state index is -0.491. The number of hydrogen-bond donors (Lipinski definition) is 0. The van der Waals surface area contributed by atoms with Crippen LogP contribution in [0, 0.1) is 0 Å². The molecule has 1 amide bonds. The molecule has 23 heavy (non-hydrogen) atoms. The first-order valence-electron chi connectivity index (χ1n) is 8.18. The van der Waals surface area contributed by atoms with Crippen molar-refractivity contribution in [3.8, 4) is 0 Å². The zero-order valence-corrected chi connectivity index (χ0v) is 14.0. The Balaban J connectivity index is 1.64. The topological polar surface area (TPSA) is 48.0 Å². The van der Waals surface area contributed by atoms with Gasteiger partial charge in [0.05, 0.1) is 38.0 Å². The van der Waals surface area contributed by atoms with Crippen molar-refractivity contribution in [1.82, 2.24) is 4.90 Å². The van der Waals surface area contributed by atoms with Gasteiger partial charge in [0.1, 0.15) is 5.60 Å². The monoisotopic (exact) mass is 319 g/mol. The lowest BCUT2D eigenvalue weighted by Crippen LogP contribution is -2.52. The van der Waals surface area contributed by atoms with Crippen molar-refractivity contribution in [2.45, 2.75) is 57.6 Å². The molecule has 1 aromatic rings. The van der Waals surface area contributed by atoms with Crippen LogP contribution in [0.3, 0.4) is 0 Å². The number of rotatable bonds is 3. The first kappa shape index (κ1) is 16.3. The summed E-state index contributed by atoms with van der Waals surface area (Å²) in [6.45, 7) is 7.27. The van der Waals surface area contributed by atoms with E-state index in [0.29, 0.717) is 19.8 Å². The Bertz CT molecular complexity index is 540. The second-order valence-electron chi connectivity index (χ2n) is 7.22. The third-order valence-corrected chi connectivity index (χ3v) is 4.19. The molecule has 2 saturated heterocycles. The molecule has 126 valence electrons. The van der Waals surface area contributed by atoms with Gasteiger partial charge in [-0.1, -0.05) is 30.3 Å². The zero-order valence-electron chi connectivity index (χ0n) is 14.0. The summed E-state index contributed by atoms with van der Waals surface area (Å²) in [7, 11) is 0. The highest BCUT2D eigenvalue weighted by Crippen LogP contribution is 2.33. The van der Waals surface area contributed by atoms with E-state index in [1.807, 2.05) is 56.0 Å². The molecule has 2 fully saturated rings. The van der Waals surface area contributed by atoms with Crippen molar-refractivity contribution < 1.29 is 19.0 Å². The molecule has 2 heterocycles. The van der Waals surface area contributed by atoms with Crippen LogP contribution in [0.5, 0.6) is 0 Å². The van der Waals surface area contributed by atoms with E-state index >= 15 is 0 Å². The Morgan fingerprint density at radius 2 is 2.00 bits per heavy atom. The Hall–Kier alpha value is -1.59. The fraction of sp³-hybridized carbons (Fsp3) is 0.611. The molecule has 2 aliphatic rings. The van der Waals surface area contributed by atoms with Gasteiger partial charge in [-0.05, 0) is 32.8 Å². The minimum Gasteiger partial charge on any atom is -0.444 e. The van der Waals surface area contributed by atoms with E-state index in [0.717, 1.165) is 12.0 Å². The van der Waals surface area contributed by atoms with Crippen LogP contribution in [0.1, 0.15) is 32.8 Å². The average Bonchev–Trinajstić information content (AvgIpc) is 2.71. The van der Waals surface area contributed by atoms with Crippen molar-refractivity contribution >= 4 is 6.09 Å². The summed E-state index contributed by atoms with van der Waals surface area (Å²) in [5.41, 5.74) is 0.647. The minimum absolute atomic E-state index is 0.00442. The molecule has 0 aromatic heterocycles. The number of benzene rings is 1. The van der Waals surface area contributed by atoms with Crippen molar-refractivity contribution in [2.75, 3.05) is 13.2 Å². The van der Waals surface area contributed by atoms with E-state index in [4.69, 9.17) is 14.2 Å². The Morgan fingerprint density at radius 1 is 1.26 bits per heavy atom. The van der Waals surface area contributed by atoms with Crippen molar-refractivity contribution in [2.24, 2.45) is 0 Å². The van der Waals surface area contributed by atoms with Gasteiger partial charge in [-0.25, -0.2) is 4.79 Å². The van der Waals surface area contributed by atoms with Gasteiger partial charge >= 0.3 is 6.09 Å². The largest absolute Gasteiger partial charge is 0.444 e. The molecule has 0 spiro atoms. The zero-order chi connectivity index (χ0) is 16.4. The molecule has 0 radical (unpaired) electrons. The Morgan fingerprint density at radius 3 is 2.70 bits per heavy atom. The van der Waals surface area contributed by atoms with Crippen LogP contribution in [-0.4, -0.2) is 48.0 Å². The molecular formula is C18H25NO4. The van der Waals surface area contributed by atoms with Crippen LogP contribution in [0.2, 0.25) is 0 Å². The van der Waals surface area contributed by atoms with Crippen LogP contribution in [-0.2, 0) is 20.8 Å². The van der Waals surface area contributed by atoms with Crippen molar-refractivity contribution in [1.29, 1.82) is 0 Å². The summed E-state index contributed by atoms with van der Waals surface area (Å²) in [6, 6.07) is 10.1. The Kier molecular flexibility index (Phi) is 4.60. The normalized spacial score (nSPS) is 27.1. The highest BCUT2D eigenvalue weighted by Gasteiger charge is 2.48. The number of ether oxygens (including phenoxy) is 3. The molecule has 0 unspecified atom stereocenters.